The van der Waals surface area contributed by atoms with Gasteiger partial charge in [-0.1, -0.05) is 25.9 Å². The predicted octanol–water partition coefficient (Wildman–Crippen LogP) is 1.70. The third kappa shape index (κ3) is 3.41. The number of nitrogens with one attached hydrogen (secondary N) is 1. The number of aromatic nitrogens is 4. The molecule has 0 aliphatic carbocycles. The summed E-state index contributed by atoms with van der Waals surface area (Å²) >= 11 is 0. The van der Waals surface area contributed by atoms with Crippen LogP contribution in [0.15, 0.2) is 10.7 Å². The van der Waals surface area contributed by atoms with Gasteiger partial charge in [0, 0.05) is 37.7 Å². The molecule has 6 heteroatoms. The summed E-state index contributed by atoms with van der Waals surface area (Å²) in [5.74, 6) is 1.27. The highest BCUT2D eigenvalue weighted by Gasteiger charge is 2.21. The van der Waals surface area contributed by atoms with E-state index in [4.69, 9.17) is 4.52 Å². The van der Waals surface area contributed by atoms with Crippen LogP contribution in [0.3, 0.4) is 0 Å². The molecule has 0 aliphatic heterocycles. The Morgan fingerprint density at radius 3 is 2.63 bits per heavy atom. The largest absolute Gasteiger partial charge is 0.340 e. The molecule has 0 aromatic carbocycles. The number of nitrogens with zero attached hydrogens (tertiary/aromatic N) is 4. The van der Waals surface area contributed by atoms with Crippen molar-refractivity contribution in [2.45, 2.75) is 46.2 Å². The summed E-state index contributed by atoms with van der Waals surface area (Å²) in [5, 5.41) is 11.7. The standard InChI is InChI=1S/C13H21N5O/c1-9-15-11(17-19-9)7-14-6-10-8-18(5)16-12(10)13(2,3)4/h8,14H,6-7H2,1-5H3. The van der Waals surface area contributed by atoms with Gasteiger partial charge in [0.1, 0.15) is 0 Å². The minimum absolute atomic E-state index is 0.0427. The van der Waals surface area contributed by atoms with Crippen molar-refractivity contribution in [2.24, 2.45) is 7.05 Å². The van der Waals surface area contributed by atoms with Gasteiger partial charge < -0.3 is 9.84 Å². The van der Waals surface area contributed by atoms with E-state index in [1.165, 1.54) is 5.56 Å². The zero-order valence-corrected chi connectivity index (χ0v) is 12.2. The van der Waals surface area contributed by atoms with E-state index in [0.29, 0.717) is 18.3 Å². The Kier molecular flexibility index (Phi) is 3.71. The highest BCUT2D eigenvalue weighted by molar-refractivity contribution is 5.23. The fraction of sp³-hybridized carbons (Fsp3) is 0.615. The third-order valence-corrected chi connectivity index (χ3v) is 2.78. The summed E-state index contributed by atoms with van der Waals surface area (Å²) in [6.45, 7) is 9.63. The maximum atomic E-state index is 4.93. The van der Waals surface area contributed by atoms with Crippen LogP contribution in [0.25, 0.3) is 0 Å². The smallest absolute Gasteiger partial charge is 0.223 e. The lowest BCUT2D eigenvalue weighted by atomic mass is 9.89. The zero-order chi connectivity index (χ0) is 14.0. The molecule has 0 saturated heterocycles. The average Bonchev–Trinajstić information content (AvgIpc) is 2.85. The number of hydrogen-bond donors (Lipinski definition) is 1. The monoisotopic (exact) mass is 263 g/mol. The minimum atomic E-state index is 0.0427. The van der Waals surface area contributed by atoms with Crippen LogP contribution in [0.4, 0.5) is 0 Å². The molecule has 2 aromatic rings. The molecule has 1 N–H and O–H groups in total. The molecule has 2 heterocycles. The fourth-order valence-electron chi connectivity index (χ4n) is 2.02. The lowest BCUT2D eigenvalue weighted by Crippen LogP contribution is -2.19. The van der Waals surface area contributed by atoms with Crippen LogP contribution in [0.2, 0.25) is 0 Å². The highest BCUT2D eigenvalue weighted by atomic mass is 16.5. The first-order valence-electron chi connectivity index (χ1n) is 6.39. The zero-order valence-electron chi connectivity index (χ0n) is 12.2. The van der Waals surface area contributed by atoms with Gasteiger partial charge in [0.25, 0.3) is 0 Å². The Morgan fingerprint density at radius 2 is 2.05 bits per heavy atom. The lowest BCUT2D eigenvalue weighted by molar-refractivity contribution is 0.385. The van der Waals surface area contributed by atoms with Crippen molar-refractivity contribution in [1.29, 1.82) is 0 Å². The second-order valence-electron chi connectivity index (χ2n) is 5.76. The van der Waals surface area contributed by atoms with Crippen LogP contribution in [0, 0.1) is 6.92 Å². The molecule has 104 valence electrons. The van der Waals surface area contributed by atoms with E-state index in [2.05, 4.69) is 47.5 Å². The molecule has 0 amide bonds. The molecular weight excluding hydrogens is 242 g/mol. The molecule has 0 bridgehead atoms. The van der Waals surface area contributed by atoms with Gasteiger partial charge in [0.2, 0.25) is 5.89 Å². The van der Waals surface area contributed by atoms with Crippen molar-refractivity contribution in [2.75, 3.05) is 0 Å². The number of aryl methyl sites for hydroxylation is 2. The van der Waals surface area contributed by atoms with Crippen LogP contribution in [0.1, 0.15) is 43.7 Å². The normalized spacial score (nSPS) is 12.1. The first kappa shape index (κ1) is 13.7. The summed E-state index contributed by atoms with van der Waals surface area (Å²) in [6.07, 6.45) is 2.05. The molecule has 0 fully saturated rings. The Morgan fingerprint density at radius 1 is 1.32 bits per heavy atom. The SMILES string of the molecule is Cc1nc(CNCc2cn(C)nc2C(C)(C)C)no1. The average molecular weight is 263 g/mol. The van der Waals surface area contributed by atoms with Crippen molar-refractivity contribution in [3.63, 3.8) is 0 Å². The van der Waals surface area contributed by atoms with Crippen molar-refractivity contribution in [3.05, 3.63) is 29.2 Å². The van der Waals surface area contributed by atoms with Gasteiger partial charge in [0.15, 0.2) is 5.82 Å². The van der Waals surface area contributed by atoms with Crippen molar-refractivity contribution in [3.8, 4) is 0 Å². The molecule has 19 heavy (non-hydrogen) atoms. The van der Waals surface area contributed by atoms with Gasteiger partial charge in [-0.2, -0.15) is 10.1 Å². The minimum Gasteiger partial charge on any atom is -0.340 e. The van der Waals surface area contributed by atoms with E-state index in [0.717, 1.165) is 12.2 Å². The summed E-state index contributed by atoms with van der Waals surface area (Å²) in [5.41, 5.74) is 2.36. The molecule has 0 saturated carbocycles. The van der Waals surface area contributed by atoms with Gasteiger partial charge in [0.05, 0.1) is 12.2 Å². The Labute approximate surface area is 113 Å². The second-order valence-corrected chi connectivity index (χ2v) is 5.76. The topological polar surface area (TPSA) is 68.8 Å². The molecular formula is C13H21N5O. The summed E-state index contributed by atoms with van der Waals surface area (Å²) in [4.78, 5) is 4.16. The van der Waals surface area contributed by atoms with Gasteiger partial charge in [-0.15, -0.1) is 0 Å². The molecule has 2 aromatic heterocycles. The molecule has 6 nitrogen and oxygen atoms in total. The summed E-state index contributed by atoms with van der Waals surface area (Å²) in [7, 11) is 1.95. The van der Waals surface area contributed by atoms with Crippen LogP contribution in [-0.4, -0.2) is 19.9 Å². The first-order chi connectivity index (χ1) is 8.86. The van der Waals surface area contributed by atoms with Crippen molar-refractivity contribution in [1.82, 2.24) is 25.2 Å². The molecule has 0 aliphatic rings. The van der Waals surface area contributed by atoms with E-state index in [1.54, 1.807) is 6.92 Å². The molecule has 2 rings (SSSR count). The Balaban J connectivity index is 2.00. The van der Waals surface area contributed by atoms with Gasteiger partial charge in [-0.05, 0) is 0 Å². The quantitative estimate of drug-likeness (QED) is 0.909. The van der Waals surface area contributed by atoms with Crippen LogP contribution in [0.5, 0.6) is 0 Å². The Bertz CT molecular complexity index is 550. The number of hydrogen-bond acceptors (Lipinski definition) is 5. The molecule has 0 atom stereocenters. The Hall–Kier alpha value is -1.69. The van der Waals surface area contributed by atoms with E-state index < -0.39 is 0 Å². The van der Waals surface area contributed by atoms with Crippen LogP contribution < -0.4 is 5.32 Å². The fourth-order valence-corrected chi connectivity index (χ4v) is 2.02. The van der Waals surface area contributed by atoms with E-state index in [1.807, 2.05) is 11.7 Å². The third-order valence-electron chi connectivity index (χ3n) is 2.78. The molecule has 0 spiro atoms. The van der Waals surface area contributed by atoms with Gasteiger partial charge in [-0.25, -0.2) is 0 Å². The second kappa shape index (κ2) is 5.13. The molecule has 0 radical (unpaired) electrons. The van der Waals surface area contributed by atoms with Crippen molar-refractivity contribution >= 4 is 0 Å². The van der Waals surface area contributed by atoms with E-state index in [9.17, 15) is 0 Å². The maximum absolute atomic E-state index is 4.93. The summed E-state index contributed by atoms with van der Waals surface area (Å²) in [6, 6.07) is 0. The van der Waals surface area contributed by atoms with Crippen LogP contribution >= 0.6 is 0 Å². The van der Waals surface area contributed by atoms with Crippen molar-refractivity contribution < 1.29 is 4.52 Å². The predicted molar refractivity (Wildman–Crippen MR) is 71.5 cm³/mol. The number of rotatable bonds is 4. The van der Waals surface area contributed by atoms with E-state index >= 15 is 0 Å². The van der Waals surface area contributed by atoms with Gasteiger partial charge in [-0.3, -0.25) is 4.68 Å². The maximum Gasteiger partial charge on any atom is 0.223 e. The first-order valence-corrected chi connectivity index (χ1v) is 6.39. The van der Waals surface area contributed by atoms with Crippen LogP contribution in [-0.2, 0) is 25.6 Å². The lowest BCUT2D eigenvalue weighted by Gasteiger charge is -2.17. The summed E-state index contributed by atoms with van der Waals surface area (Å²) < 4.78 is 6.79. The van der Waals surface area contributed by atoms with E-state index in [-0.39, 0.29) is 5.41 Å². The van der Waals surface area contributed by atoms with Gasteiger partial charge >= 0.3 is 0 Å². The highest BCUT2D eigenvalue weighted by Crippen LogP contribution is 2.23. The molecule has 0 unspecified atom stereocenters.